The predicted molar refractivity (Wildman–Crippen MR) is 118 cm³/mol. The Hall–Kier alpha value is -3.28. The van der Waals surface area contributed by atoms with Gasteiger partial charge in [-0.1, -0.05) is 36.4 Å². The third-order valence-corrected chi connectivity index (χ3v) is 4.20. The topological polar surface area (TPSA) is 68.3 Å². The van der Waals surface area contributed by atoms with Gasteiger partial charge < -0.3 is 20.1 Å². The molecule has 2 aromatic carbocycles. The van der Waals surface area contributed by atoms with Gasteiger partial charge in [0.15, 0.2) is 11.5 Å². The monoisotopic (exact) mass is 392 g/mol. The van der Waals surface area contributed by atoms with Gasteiger partial charge in [-0.25, -0.2) is 4.98 Å². The lowest BCUT2D eigenvalue weighted by Crippen LogP contribution is -2.27. The number of rotatable bonds is 7. The molecular weight excluding hydrogens is 364 g/mol. The molecule has 0 radical (unpaired) electrons. The quantitative estimate of drug-likeness (QED) is 0.591. The van der Waals surface area contributed by atoms with Gasteiger partial charge in [0.1, 0.15) is 5.82 Å². The van der Waals surface area contributed by atoms with E-state index in [0.29, 0.717) is 24.0 Å². The van der Waals surface area contributed by atoms with Crippen molar-refractivity contribution in [1.29, 1.82) is 0 Å². The summed E-state index contributed by atoms with van der Waals surface area (Å²) in [6, 6.07) is 17.9. The van der Waals surface area contributed by atoms with E-state index >= 15 is 0 Å². The third kappa shape index (κ3) is 5.60. The van der Waals surface area contributed by atoms with Crippen LogP contribution in [0.4, 0.5) is 11.8 Å². The van der Waals surface area contributed by atoms with Crippen molar-refractivity contribution in [3.63, 3.8) is 0 Å². The van der Waals surface area contributed by atoms with Crippen LogP contribution in [0.5, 0.6) is 11.5 Å². The average Bonchev–Trinajstić information content (AvgIpc) is 2.71. The fraction of sp³-hybridized carbons (Fsp3) is 0.304. The van der Waals surface area contributed by atoms with Crippen LogP contribution < -0.4 is 20.1 Å². The van der Waals surface area contributed by atoms with Crippen molar-refractivity contribution in [3.8, 4) is 22.8 Å². The largest absolute Gasteiger partial charge is 0.493 e. The van der Waals surface area contributed by atoms with Crippen LogP contribution in [0.1, 0.15) is 26.3 Å². The van der Waals surface area contributed by atoms with Crippen LogP contribution in [-0.2, 0) is 6.54 Å². The lowest BCUT2D eigenvalue weighted by atomic mass is 10.1. The van der Waals surface area contributed by atoms with Crippen LogP contribution in [-0.4, -0.2) is 29.7 Å². The van der Waals surface area contributed by atoms with E-state index in [1.54, 1.807) is 14.2 Å². The molecule has 0 aliphatic rings. The maximum Gasteiger partial charge on any atom is 0.225 e. The fourth-order valence-electron chi connectivity index (χ4n) is 2.87. The molecule has 3 rings (SSSR count). The van der Waals surface area contributed by atoms with Gasteiger partial charge in [0.25, 0.3) is 0 Å². The van der Waals surface area contributed by atoms with E-state index in [1.807, 2.05) is 54.6 Å². The molecule has 6 nitrogen and oxygen atoms in total. The number of hydrogen-bond donors (Lipinski definition) is 2. The summed E-state index contributed by atoms with van der Waals surface area (Å²) in [5, 5.41) is 6.76. The fourth-order valence-corrected chi connectivity index (χ4v) is 2.87. The predicted octanol–water partition coefficient (Wildman–Crippen LogP) is 4.98. The maximum absolute atomic E-state index is 5.39. The highest BCUT2D eigenvalue weighted by molar-refractivity contribution is 5.64. The van der Waals surface area contributed by atoms with Crippen molar-refractivity contribution in [2.75, 3.05) is 24.9 Å². The smallest absolute Gasteiger partial charge is 0.225 e. The Bertz CT molecular complexity index is 953. The molecule has 1 heterocycles. The van der Waals surface area contributed by atoms with Crippen LogP contribution >= 0.6 is 0 Å². The number of nitrogens with zero attached hydrogens (tertiary/aromatic N) is 2. The van der Waals surface area contributed by atoms with Crippen LogP contribution in [0, 0.1) is 0 Å². The molecule has 0 unspecified atom stereocenters. The normalized spacial score (nSPS) is 11.1. The van der Waals surface area contributed by atoms with Gasteiger partial charge in [0, 0.05) is 23.7 Å². The highest BCUT2D eigenvalue weighted by atomic mass is 16.5. The molecule has 0 spiro atoms. The van der Waals surface area contributed by atoms with E-state index in [2.05, 4.69) is 36.4 Å². The lowest BCUT2D eigenvalue weighted by molar-refractivity contribution is 0.354. The van der Waals surface area contributed by atoms with Crippen molar-refractivity contribution in [1.82, 2.24) is 9.97 Å². The number of methoxy groups -OCH3 is 2. The first-order valence-electron chi connectivity index (χ1n) is 9.55. The molecule has 0 aliphatic carbocycles. The molecular formula is C23H28N4O2. The Morgan fingerprint density at radius 3 is 2.24 bits per heavy atom. The number of aromatic nitrogens is 2. The molecule has 1 aromatic heterocycles. The van der Waals surface area contributed by atoms with E-state index in [1.165, 1.54) is 0 Å². The van der Waals surface area contributed by atoms with Crippen LogP contribution in [0.15, 0.2) is 54.6 Å². The van der Waals surface area contributed by atoms with Gasteiger partial charge in [0.05, 0.1) is 19.9 Å². The van der Waals surface area contributed by atoms with Gasteiger partial charge >= 0.3 is 0 Å². The van der Waals surface area contributed by atoms with Crippen molar-refractivity contribution >= 4 is 11.8 Å². The number of anilines is 2. The molecule has 29 heavy (non-hydrogen) atoms. The third-order valence-electron chi connectivity index (χ3n) is 4.20. The first-order valence-corrected chi connectivity index (χ1v) is 9.55. The first kappa shape index (κ1) is 20.5. The van der Waals surface area contributed by atoms with Crippen LogP contribution in [0.2, 0.25) is 0 Å². The Kier molecular flexibility index (Phi) is 6.22. The Labute approximate surface area is 172 Å². The summed E-state index contributed by atoms with van der Waals surface area (Å²) in [5.41, 5.74) is 2.83. The molecule has 0 atom stereocenters. The van der Waals surface area contributed by atoms with Crippen molar-refractivity contribution in [3.05, 3.63) is 60.2 Å². The van der Waals surface area contributed by atoms with E-state index in [9.17, 15) is 0 Å². The second-order valence-corrected chi connectivity index (χ2v) is 7.75. The average molecular weight is 393 g/mol. The first-order chi connectivity index (χ1) is 13.9. The molecule has 0 fully saturated rings. The highest BCUT2D eigenvalue weighted by Gasteiger charge is 2.14. The number of nitrogens with one attached hydrogen (secondary N) is 2. The van der Waals surface area contributed by atoms with Crippen LogP contribution in [0.3, 0.4) is 0 Å². The summed E-state index contributed by atoms with van der Waals surface area (Å²) >= 11 is 0. The number of hydrogen-bond acceptors (Lipinski definition) is 6. The minimum Gasteiger partial charge on any atom is -0.493 e. The maximum atomic E-state index is 5.39. The summed E-state index contributed by atoms with van der Waals surface area (Å²) < 4.78 is 10.7. The van der Waals surface area contributed by atoms with Crippen molar-refractivity contribution < 1.29 is 9.47 Å². The van der Waals surface area contributed by atoms with Gasteiger partial charge in [-0.3, -0.25) is 0 Å². The molecule has 3 aromatic rings. The van der Waals surface area contributed by atoms with Gasteiger partial charge in [0.2, 0.25) is 5.95 Å². The van der Waals surface area contributed by atoms with Gasteiger partial charge in [-0.05, 0) is 38.5 Å². The molecule has 0 saturated heterocycles. The number of benzene rings is 2. The molecule has 0 saturated carbocycles. The van der Waals surface area contributed by atoms with E-state index in [0.717, 1.165) is 22.6 Å². The zero-order valence-corrected chi connectivity index (χ0v) is 17.6. The Morgan fingerprint density at radius 1 is 0.862 bits per heavy atom. The van der Waals surface area contributed by atoms with Gasteiger partial charge in [-0.2, -0.15) is 4.98 Å². The van der Waals surface area contributed by atoms with Crippen molar-refractivity contribution in [2.24, 2.45) is 0 Å². The lowest BCUT2D eigenvalue weighted by Gasteiger charge is -2.21. The highest BCUT2D eigenvalue weighted by Crippen LogP contribution is 2.28. The van der Waals surface area contributed by atoms with Crippen molar-refractivity contribution in [2.45, 2.75) is 32.9 Å². The molecule has 0 aliphatic heterocycles. The zero-order valence-electron chi connectivity index (χ0n) is 17.6. The second-order valence-electron chi connectivity index (χ2n) is 7.75. The molecule has 0 bridgehead atoms. The standard InChI is InChI=1S/C23H28N4O2/c1-23(2,3)27-22-25-18(17-9-7-6-8-10-17)14-21(26-22)24-15-16-11-12-19(28-4)20(13-16)29-5/h6-14H,15H2,1-5H3,(H2,24,25,26,27). The minimum absolute atomic E-state index is 0.143. The van der Waals surface area contributed by atoms with E-state index in [-0.39, 0.29) is 5.54 Å². The molecule has 2 N–H and O–H groups in total. The number of ether oxygens (including phenoxy) is 2. The Balaban J connectivity index is 1.87. The molecule has 152 valence electrons. The summed E-state index contributed by atoms with van der Waals surface area (Å²) in [4.78, 5) is 9.34. The molecule has 0 amide bonds. The summed E-state index contributed by atoms with van der Waals surface area (Å²) in [6.45, 7) is 6.85. The Morgan fingerprint density at radius 2 is 1.59 bits per heavy atom. The SMILES string of the molecule is COc1ccc(CNc2cc(-c3ccccc3)nc(NC(C)(C)C)n2)cc1OC. The zero-order chi connectivity index (χ0) is 20.9. The molecule has 6 heteroatoms. The summed E-state index contributed by atoms with van der Waals surface area (Å²) in [5.74, 6) is 2.75. The van der Waals surface area contributed by atoms with Gasteiger partial charge in [-0.15, -0.1) is 0 Å². The summed E-state index contributed by atoms with van der Waals surface area (Å²) in [7, 11) is 3.27. The van der Waals surface area contributed by atoms with E-state index < -0.39 is 0 Å². The summed E-state index contributed by atoms with van der Waals surface area (Å²) in [6.07, 6.45) is 0. The van der Waals surface area contributed by atoms with Crippen LogP contribution in [0.25, 0.3) is 11.3 Å². The van der Waals surface area contributed by atoms with E-state index in [4.69, 9.17) is 14.5 Å². The minimum atomic E-state index is -0.143. The second kappa shape index (κ2) is 8.82.